The predicted molar refractivity (Wildman–Crippen MR) is 108 cm³/mol. The topological polar surface area (TPSA) is 84.5 Å². The number of hydrogen-bond donors (Lipinski definition) is 2. The molecule has 0 aromatic heterocycles. The Morgan fingerprint density at radius 2 is 1.74 bits per heavy atom. The smallest absolute Gasteiger partial charge is 0.258 e. The zero-order chi connectivity index (χ0) is 19.9. The van der Waals surface area contributed by atoms with Crippen molar-refractivity contribution in [3.8, 4) is 5.75 Å². The lowest BCUT2D eigenvalue weighted by atomic mass is 10.1. The number of carbonyl (C=O) groups is 1. The maximum absolute atomic E-state index is 12.1. The Kier molecular flexibility index (Phi) is 7.82. The van der Waals surface area contributed by atoms with E-state index < -0.39 is 10.0 Å². The van der Waals surface area contributed by atoms with Crippen molar-refractivity contribution in [2.45, 2.75) is 31.2 Å². The van der Waals surface area contributed by atoms with E-state index in [0.29, 0.717) is 18.7 Å². The van der Waals surface area contributed by atoms with Crippen LogP contribution in [-0.2, 0) is 14.8 Å². The highest BCUT2D eigenvalue weighted by Gasteiger charge is 2.13. The highest BCUT2D eigenvalue weighted by atomic mass is 79.9. The van der Waals surface area contributed by atoms with Crippen molar-refractivity contribution in [2.24, 2.45) is 0 Å². The maximum Gasteiger partial charge on any atom is 0.258 e. The Morgan fingerprint density at radius 3 is 2.33 bits per heavy atom. The first-order chi connectivity index (χ1) is 12.8. The van der Waals surface area contributed by atoms with E-state index in [-0.39, 0.29) is 23.5 Å². The van der Waals surface area contributed by atoms with Crippen molar-refractivity contribution in [3.63, 3.8) is 0 Å². The number of ether oxygens (including phenoxy) is 1. The summed E-state index contributed by atoms with van der Waals surface area (Å²) in [5, 5.41) is 2.86. The van der Waals surface area contributed by atoms with Crippen molar-refractivity contribution in [3.05, 3.63) is 58.6 Å². The van der Waals surface area contributed by atoms with Crippen molar-refractivity contribution >= 4 is 31.9 Å². The normalized spacial score (nSPS) is 12.4. The SMILES string of the molecule is CCCNS(=O)(=O)c1ccc(OCC(=O)NC(C)c2ccc(Br)cc2)cc1. The van der Waals surface area contributed by atoms with E-state index in [1.165, 1.54) is 24.3 Å². The minimum Gasteiger partial charge on any atom is -0.484 e. The van der Waals surface area contributed by atoms with Gasteiger partial charge >= 0.3 is 0 Å². The molecule has 0 fully saturated rings. The molecule has 0 aliphatic carbocycles. The second kappa shape index (κ2) is 9.87. The van der Waals surface area contributed by atoms with Gasteiger partial charge in [0, 0.05) is 11.0 Å². The molecule has 0 aliphatic rings. The lowest BCUT2D eigenvalue weighted by Gasteiger charge is -2.15. The van der Waals surface area contributed by atoms with Crippen LogP contribution >= 0.6 is 15.9 Å². The van der Waals surface area contributed by atoms with Crippen molar-refractivity contribution in [1.29, 1.82) is 0 Å². The molecule has 0 saturated heterocycles. The first kappa shape index (κ1) is 21.4. The molecule has 2 N–H and O–H groups in total. The number of amides is 1. The van der Waals surface area contributed by atoms with Gasteiger partial charge in [0.25, 0.3) is 5.91 Å². The Bertz CT molecular complexity index is 852. The molecule has 0 bridgehead atoms. The third kappa shape index (κ3) is 6.64. The number of rotatable bonds is 9. The van der Waals surface area contributed by atoms with Crippen LogP contribution in [0.25, 0.3) is 0 Å². The monoisotopic (exact) mass is 454 g/mol. The van der Waals surface area contributed by atoms with Crippen molar-refractivity contribution in [2.75, 3.05) is 13.2 Å². The molecule has 0 aliphatic heterocycles. The fourth-order valence-electron chi connectivity index (χ4n) is 2.30. The molecule has 2 aromatic carbocycles. The first-order valence-corrected chi connectivity index (χ1v) is 10.9. The second-order valence-corrected chi connectivity index (χ2v) is 8.68. The number of benzene rings is 2. The van der Waals surface area contributed by atoms with Gasteiger partial charge in [-0.25, -0.2) is 13.1 Å². The number of nitrogens with one attached hydrogen (secondary N) is 2. The molecular weight excluding hydrogens is 432 g/mol. The van der Waals surface area contributed by atoms with E-state index in [1.807, 2.05) is 38.1 Å². The molecule has 0 saturated carbocycles. The van der Waals surface area contributed by atoms with Gasteiger partial charge in [-0.1, -0.05) is 35.0 Å². The Hall–Kier alpha value is -1.90. The predicted octanol–water partition coefficient (Wildman–Crippen LogP) is 3.39. The molecule has 2 aromatic rings. The first-order valence-electron chi connectivity index (χ1n) is 8.59. The van der Waals surface area contributed by atoms with Gasteiger partial charge in [0.2, 0.25) is 10.0 Å². The molecule has 0 heterocycles. The lowest BCUT2D eigenvalue weighted by Crippen LogP contribution is -2.31. The minimum absolute atomic E-state index is 0.147. The highest BCUT2D eigenvalue weighted by Crippen LogP contribution is 2.17. The average molecular weight is 455 g/mol. The van der Waals surface area contributed by atoms with Crippen LogP contribution in [0.15, 0.2) is 57.9 Å². The van der Waals surface area contributed by atoms with Gasteiger partial charge in [0.15, 0.2) is 6.61 Å². The van der Waals surface area contributed by atoms with E-state index in [2.05, 4.69) is 26.0 Å². The van der Waals surface area contributed by atoms with Crippen LogP contribution < -0.4 is 14.8 Å². The van der Waals surface area contributed by atoms with Gasteiger partial charge in [0.1, 0.15) is 5.75 Å². The van der Waals surface area contributed by atoms with E-state index >= 15 is 0 Å². The molecule has 1 atom stereocenters. The van der Waals surface area contributed by atoms with Crippen LogP contribution in [0.4, 0.5) is 0 Å². The summed E-state index contributed by atoms with van der Waals surface area (Å²) < 4.78 is 33.0. The molecule has 6 nitrogen and oxygen atoms in total. The highest BCUT2D eigenvalue weighted by molar-refractivity contribution is 9.10. The fourth-order valence-corrected chi connectivity index (χ4v) is 3.70. The summed E-state index contributed by atoms with van der Waals surface area (Å²) in [7, 11) is -3.51. The van der Waals surface area contributed by atoms with Gasteiger partial charge in [-0.05, 0) is 55.3 Å². The Labute approximate surface area is 168 Å². The summed E-state index contributed by atoms with van der Waals surface area (Å²) in [6.45, 7) is 4.02. The van der Waals surface area contributed by atoms with Crippen LogP contribution in [0, 0.1) is 0 Å². The largest absolute Gasteiger partial charge is 0.484 e. The number of carbonyl (C=O) groups excluding carboxylic acids is 1. The summed E-state index contributed by atoms with van der Waals surface area (Å²) in [5.41, 5.74) is 0.987. The van der Waals surface area contributed by atoms with E-state index in [1.54, 1.807) is 0 Å². The summed E-state index contributed by atoms with van der Waals surface area (Å²) in [6.07, 6.45) is 0.716. The summed E-state index contributed by atoms with van der Waals surface area (Å²) >= 11 is 3.38. The third-order valence-electron chi connectivity index (χ3n) is 3.79. The van der Waals surface area contributed by atoms with Gasteiger partial charge < -0.3 is 10.1 Å². The van der Waals surface area contributed by atoms with E-state index in [9.17, 15) is 13.2 Å². The summed E-state index contributed by atoms with van der Waals surface area (Å²) in [6, 6.07) is 13.5. The summed E-state index contributed by atoms with van der Waals surface area (Å²) in [5.74, 6) is 0.169. The molecule has 1 unspecified atom stereocenters. The quantitative estimate of drug-likeness (QED) is 0.607. The maximum atomic E-state index is 12.1. The minimum atomic E-state index is -3.51. The fraction of sp³-hybridized carbons (Fsp3) is 0.316. The molecule has 1 amide bonds. The van der Waals surface area contributed by atoms with Gasteiger partial charge in [-0.15, -0.1) is 0 Å². The Morgan fingerprint density at radius 1 is 1.11 bits per heavy atom. The Balaban J connectivity index is 1.87. The van der Waals surface area contributed by atoms with Crippen LogP contribution in [0.5, 0.6) is 5.75 Å². The zero-order valence-electron chi connectivity index (χ0n) is 15.2. The molecule has 0 radical (unpaired) electrons. The lowest BCUT2D eigenvalue weighted by molar-refractivity contribution is -0.123. The molecule has 0 spiro atoms. The van der Waals surface area contributed by atoms with Gasteiger partial charge in [0.05, 0.1) is 10.9 Å². The van der Waals surface area contributed by atoms with Crippen LogP contribution in [0.1, 0.15) is 31.9 Å². The number of halogens is 1. The van der Waals surface area contributed by atoms with Crippen LogP contribution in [-0.4, -0.2) is 27.5 Å². The molecule has 2 rings (SSSR count). The van der Waals surface area contributed by atoms with Crippen LogP contribution in [0.3, 0.4) is 0 Å². The second-order valence-electron chi connectivity index (χ2n) is 6.00. The van der Waals surface area contributed by atoms with Crippen molar-refractivity contribution < 1.29 is 17.9 Å². The molecule has 27 heavy (non-hydrogen) atoms. The number of hydrogen-bond acceptors (Lipinski definition) is 4. The third-order valence-corrected chi connectivity index (χ3v) is 5.80. The standard InChI is InChI=1S/C19H23BrN2O4S/c1-3-12-21-27(24,25)18-10-8-17(9-11-18)26-13-19(23)22-14(2)15-4-6-16(20)7-5-15/h4-11,14,21H,3,12-13H2,1-2H3,(H,22,23). The van der Waals surface area contributed by atoms with Crippen molar-refractivity contribution in [1.82, 2.24) is 10.0 Å². The molecular formula is C19H23BrN2O4S. The molecule has 146 valence electrons. The zero-order valence-corrected chi connectivity index (χ0v) is 17.6. The molecule has 8 heteroatoms. The summed E-state index contributed by atoms with van der Waals surface area (Å²) in [4.78, 5) is 12.2. The number of sulfonamides is 1. The van der Waals surface area contributed by atoms with Gasteiger partial charge in [-0.3, -0.25) is 4.79 Å². The van der Waals surface area contributed by atoms with Crippen LogP contribution in [0.2, 0.25) is 0 Å². The average Bonchev–Trinajstić information content (AvgIpc) is 2.65. The van der Waals surface area contributed by atoms with E-state index in [4.69, 9.17) is 4.74 Å². The van der Waals surface area contributed by atoms with E-state index in [0.717, 1.165) is 10.0 Å². The van der Waals surface area contributed by atoms with Gasteiger partial charge in [-0.2, -0.15) is 0 Å².